The molecule has 1 unspecified atom stereocenters. The van der Waals surface area contributed by atoms with Crippen LogP contribution in [0.15, 0.2) is 66.7 Å². The number of nitrogens with one attached hydrogen (secondary N) is 2. The lowest BCUT2D eigenvalue weighted by molar-refractivity contribution is -0.353. The van der Waals surface area contributed by atoms with Crippen molar-refractivity contribution in [3.63, 3.8) is 0 Å². The molecule has 0 radical (unpaired) electrons. The van der Waals surface area contributed by atoms with Gasteiger partial charge in [-0.2, -0.15) is 0 Å². The maximum atomic E-state index is 12.0. The van der Waals surface area contributed by atoms with Crippen LogP contribution in [0.4, 0.5) is 22.7 Å². The smallest absolute Gasteiger partial charge is 0.248 e. The highest BCUT2D eigenvalue weighted by atomic mass is 16.7. The topological polar surface area (TPSA) is 227 Å². The second-order valence-corrected chi connectivity index (χ2v) is 12.4. The predicted molar refractivity (Wildman–Crippen MR) is 196 cm³/mol. The number of primary amides is 2. The molecule has 10 N–H and O–H groups in total. The molecule has 5 rings (SSSR count). The summed E-state index contributed by atoms with van der Waals surface area (Å²) in [4.78, 5) is 23.6. The first-order valence-corrected chi connectivity index (χ1v) is 17.0. The van der Waals surface area contributed by atoms with Gasteiger partial charge >= 0.3 is 0 Å². The summed E-state index contributed by atoms with van der Waals surface area (Å²) in [5, 5.41) is 6.43. The van der Waals surface area contributed by atoms with Crippen molar-refractivity contribution in [1.29, 1.82) is 0 Å². The maximum absolute atomic E-state index is 12.0. The standard InChI is InChI=1S/C37H48N6O9/c1-21-32-29(20-50-36(52-32)22-10-5-4-6-11-22)51-37(47-3)33(21)49-15-9-14-48-28-19-24(35(41)45)17-26(39)31(28)43-13-8-7-12-42-30-25(38)16-23(34(40)44)18-27(30)46-2/h4-8,10-11,16-19,21,29,32-33,36-37,42-43H,9,12-15,20,38-39H2,1-3H3,(H2,40,44)(H2,41,45)/b8-7+/t21-,29+,32-,33+,36?,37-/m0/s1. The molecular weight excluding hydrogens is 672 g/mol. The summed E-state index contributed by atoms with van der Waals surface area (Å²) in [5.74, 6) is -0.507. The van der Waals surface area contributed by atoms with Crippen molar-refractivity contribution in [1.82, 2.24) is 0 Å². The molecule has 280 valence electrons. The molecule has 15 nitrogen and oxygen atoms in total. The fourth-order valence-corrected chi connectivity index (χ4v) is 6.18. The molecule has 0 aliphatic carbocycles. The van der Waals surface area contributed by atoms with Crippen LogP contribution in [0.25, 0.3) is 0 Å². The van der Waals surface area contributed by atoms with Gasteiger partial charge in [0.25, 0.3) is 0 Å². The number of carbonyl (C=O) groups excluding carboxylic acids is 2. The Bertz CT molecular complexity index is 1710. The normalized spacial score (nSPS) is 22.8. The quantitative estimate of drug-likeness (QED) is 0.0669. The first-order valence-electron chi connectivity index (χ1n) is 17.0. The van der Waals surface area contributed by atoms with Crippen LogP contribution < -0.4 is 43.0 Å². The number of hydrogen-bond acceptors (Lipinski definition) is 13. The van der Waals surface area contributed by atoms with Crippen LogP contribution in [0.1, 0.15) is 45.9 Å². The number of nitrogens with two attached hydrogens (primary N) is 4. The average molecular weight is 721 g/mol. The van der Waals surface area contributed by atoms with E-state index in [9.17, 15) is 9.59 Å². The van der Waals surface area contributed by atoms with Gasteiger partial charge < -0.3 is 66.7 Å². The zero-order valence-electron chi connectivity index (χ0n) is 29.5. The Morgan fingerprint density at radius 3 is 2.08 bits per heavy atom. The van der Waals surface area contributed by atoms with Crippen LogP contribution in [0.3, 0.4) is 0 Å². The van der Waals surface area contributed by atoms with E-state index in [1.54, 1.807) is 13.2 Å². The Morgan fingerprint density at radius 2 is 1.48 bits per heavy atom. The lowest BCUT2D eigenvalue weighted by Crippen LogP contribution is -2.59. The molecule has 2 fully saturated rings. The summed E-state index contributed by atoms with van der Waals surface area (Å²) in [5.41, 5.74) is 26.4. The Hall–Kier alpha value is -5.06. The monoisotopic (exact) mass is 720 g/mol. The molecule has 0 aromatic heterocycles. The van der Waals surface area contributed by atoms with Crippen molar-refractivity contribution in [2.45, 2.75) is 44.2 Å². The molecule has 2 aliphatic rings. The zero-order chi connectivity index (χ0) is 37.2. The fraction of sp³-hybridized carbons (Fsp3) is 0.405. The largest absolute Gasteiger partial charge is 0.494 e. The highest BCUT2D eigenvalue weighted by molar-refractivity contribution is 5.97. The lowest BCUT2D eigenvalue weighted by Gasteiger charge is -2.48. The number of methoxy groups -OCH3 is 2. The summed E-state index contributed by atoms with van der Waals surface area (Å²) in [7, 11) is 3.06. The van der Waals surface area contributed by atoms with E-state index in [0.29, 0.717) is 67.0 Å². The number of carbonyl (C=O) groups is 2. The summed E-state index contributed by atoms with van der Waals surface area (Å²) < 4.78 is 41.9. The van der Waals surface area contributed by atoms with Crippen LogP contribution in [-0.4, -0.2) is 83.5 Å². The molecule has 0 saturated carbocycles. The van der Waals surface area contributed by atoms with E-state index in [0.717, 1.165) is 5.56 Å². The van der Waals surface area contributed by atoms with E-state index in [-0.39, 0.29) is 42.0 Å². The molecule has 3 aromatic carbocycles. The zero-order valence-corrected chi connectivity index (χ0v) is 29.5. The highest BCUT2D eigenvalue weighted by Gasteiger charge is 2.48. The maximum Gasteiger partial charge on any atom is 0.248 e. The number of rotatable bonds is 17. The van der Waals surface area contributed by atoms with Crippen molar-refractivity contribution in [3.8, 4) is 11.5 Å². The van der Waals surface area contributed by atoms with Crippen LogP contribution >= 0.6 is 0 Å². The average Bonchev–Trinajstić information content (AvgIpc) is 3.14. The second kappa shape index (κ2) is 17.9. The Labute approximate surface area is 302 Å². The van der Waals surface area contributed by atoms with Gasteiger partial charge in [-0.3, -0.25) is 9.59 Å². The molecule has 2 saturated heterocycles. The van der Waals surface area contributed by atoms with Gasteiger partial charge in [-0.25, -0.2) is 0 Å². The van der Waals surface area contributed by atoms with E-state index in [1.807, 2.05) is 42.5 Å². The Kier molecular flexibility index (Phi) is 13.2. The van der Waals surface area contributed by atoms with E-state index in [1.165, 1.54) is 25.3 Å². The van der Waals surface area contributed by atoms with Gasteiger partial charge in [0.1, 0.15) is 35.1 Å². The molecule has 0 spiro atoms. The number of fused-ring (bicyclic) bond motifs is 1. The number of benzene rings is 3. The van der Waals surface area contributed by atoms with Crippen LogP contribution in [0.2, 0.25) is 0 Å². The second-order valence-electron chi connectivity index (χ2n) is 12.4. The minimum Gasteiger partial charge on any atom is -0.494 e. The molecule has 2 heterocycles. The number of amides is 2. The molecule has 0 bridgehead atoms. The first kappa shape index (κ1) is 38.2. The summed E-state index contributed by atoms with van der Waals surface area (Å²) >= 11 is 0. The van der Waals surface area contributed by atoms with Crippen molar-refractivity contribution in [3.05, 3.63) is 83.4 Å². The lowest BCUT2D eigenvalue weighted by atomic mass is 9.89. The SMILES string of the molecule is COc1cc(C(N)=O)cc(N)c1NC/C=C/CNc1c(N)cc(C(N)=O)cc1OCCCO[C@H]1[C@@H](OC)O[C@@H]2COC(c3ccccc3)O[C@H]2[C@@H]1C. The number of nitrogen functional groups attached to an aromatic ring is 2. The van der Waals surface area contributed by atoms with Crippen molar-refractivity contribution < 1.29 is 42.7 Å². The van der Waals surface area contributed by atoms with Gasteiger partial charge in [-0.15, -0.1) is 0 Å². The van der Waals surface area contributed by atoms with Crippen molar-refractivity contribution in [2.24, 2.45) is 17.4 Å². The van der Waals surface area contributed by atoms with Crippen molar-refractivity contribution >= 4 is 34.6 Å². The first-order chi connectivity index (χ1) is 25.1. The van der Waals surface area contributed by atoms with Crippen LogP contribution in [0.5, 0.6) is 11.5 Å². The molecule has 2 aliphatic heterocycles. The Morgan fingerprint density at radius 1 is 0.865 bits per heavy atom. The molecule has 2 amide bonds. The van der Waals surface area contributed by atoms with Gasteiger partial charge in [0.2, 0.25) is 11.8 Å². The summed E-state index contributed by atoms with van der Waals surface area (Å²) in [6.45, 7) is 3.84. The number of anilines is 4. The third-order valence-corrected chi connectivity index (χ3v) is 8.85. The van der Waals surface area contributed by atoms with E-state index < -0.39 is 24.4 Å². The van der Waals surface area contributed by atoms with Gasteiger partial charge in [-0.1, -0.05) is 49.4 Å². The highest BCUT2D eigenvalue weighted by Crippen LogP contribution is 2.38. The Balaban J connectivity index is 1.14. The van der Waals surface area contributed by atoms with E-state index >= 15 is 0 Å². The van der Waals surface area contributed by atoms with Gasteiger partial charge in [0, 0.05) is 49.2 Å². The minimum absolute atomic E-state index is 0.0485. The summed E-state index contributed by atoms with van der Waals surface area (Å²) in [6, 6.07) is 15.9. The fourth-order valence-electron chi connectivity index (χ4n) is 6.18. The van der Waals surface area contributed by atoms with Gasteiger partial charge in [0.15, 0.2) is 12.6 Å². The number of hydrogen-bond donors (Lipinski definition) is 6. The molecule has 3 aromatic rings. The number of ether oxygens (including phenoxy) is 7. The van der Waals surface area contributed by atoms with Crippen molar-refractivity contribution in [2.75, 3.05) is 69.2 Å². The molecular formula is C37H48N6O9. The molecule has 6 atom stereocenters. The minimum atomic E-state index is -0.629. The van der Waals surface area contributed by atoms with Crippen LogP contribution in [0, 0.1) is 5.92 Å². The summed E-state index contributed by atoms with van der Waals surface area (Å²) in [6.07, 6.45) is 2.26. The third-order valence-electron chi connectivity index (χ3n) is 8.85. The van der Waals surface area contributed by atoms with E-state index in [2.05, 4.69) is 17.6 Å². The van der Waals surface area contributed by atoms with Gasteiger partial charge in [-0.05, 0) is 24.3 Å². The van der Waals surface area contributed by atoms with E-state index in [4.69, 9.17) is 56.1 Å². The third kappa shape index (κ3) is 9.23. The molecule has 15 heteroatoms. The van der Waals surface area contributed by atoms with Gasteiger partial charge in [0.05, 0.1) is 44.4 Å². The predicted octanol–water partition coefficient (Wildman–Crippen LogP) is 3.41. The van der Waals surface area contributed by atoms with Crippen LogP contribution in [-0.2, 0) is 23.7 Å². The molecule has 52 heavy (non-hydrogen) atoms.